The number of nitriles is 1. The summed E-state index contributed by atoms with van der Waals surface area (Å²) in [6, 6.07) is 8.49. The number of urea groups is 1. The Morgan fingerprint density at radius 3 is 2.96 bits per heavy atom. The lowest BCUT2D eigenvalue weighted by molar-refractivity contribution is 0.256. The van der Waals surface area contributed by atoms with E-state index in [1.54, 1.807) is 23.1 Å². The van der Waals surface area contributed by atoms with Gasteiger partial charge in [-0.1, -0.05) is 6.07 Å². The van der Waals surface area contributed by atoms with Gasteiger partial charge in [-0.05, 0) is 36.6 Å². The van der Waals surface area contributed by atoms with Gasteiger partial charge in [-0.3, -0.25) is 10.2 Å². The lowest BCUT2D eigenvalue weighted by Gasteiger charge is -2.28. The minimum atomic E-state index is -0.328. The molecular formula is C16H15N5O2. The molecule has 2 N–H and O–H groups in total. The predicted molar refractivity (Wildman–Crippen MR) is 83.8 cm³/mol. The van der Waals surface area contributed by atoms with Crippen molar-refractivity contribution in [2.45, 2.75) is 19.4 Å². The molecule has 3 heterocycles. The molecule has 0 atom stereocenters. The minimum absolute atomic E-state index is 0.167. The number of hydrogen-bond acceptors (Lipinski definition) is 5. The molecule has 0 aliphatic carbocycles. The highest BCUT2D eigenvalue weighted by Crippen LogP contribution is 2.26. The third-order valence-corrected chi connectivity index (χ3v) is 3.63. The minimum Gasteiger partial charge on any atom is -0.390 e. The zero-order chi connectivity index (χ0) is 16.2. The van der Waals surface area contributed by atoms with Gasteiger partial charge < -0.3 is 5.11 Å². The number of pyridine rings is 2. The summed E-state index contributed by atoms with van der Waals surface area (Å²) in [5.41, 5.74) is 1.94. The summed E-state index contributed by atoms with van der Waals surface area (Å²) in [5, 5.41) is 20.7. The van der Waals surface area contributed by atoms with Gasteiger partial charge in [-0.2, -0.15) is 5.26 Å². The first-order valence-electron chi connectivity index (χ1n) is 7.25. The van der Waals surface area contributed by atoms with E-state index in [2.05, 4.69) is 15.3 Å². The third-order valence-electron chi connectivity index (χ3n) is 3.63. The van der Waals surface area contributed by atoms with Crippen LogP contribution < -0.4 is 10.2 Å². The molecule has 2 aromatic rings. The van der Waals surface area contributed by atoms with E-state index in [-0.39, 0.29) is 12.6 Å². The molecule has 1 aliphatic rings. The van der Waals surface area contributed by atoms with Gasteiger partial charge in [0.15, 0.2) is 0 Å². The van der Waals surface area contributed by atoms with E-state index in [0.29, 0.717) is 29.4 Å². The molecule has 1 aliphatic heterocycles. The molecule has 3 rings (SSSR count). The third kappa shape index (κ3) is 3.12. The number of carbonyl (C=O) groups excluding carboxylic acids is 1. The van der Waals surface area contributed by atoms with Crippen molar-refractivity contribution in [3.63, 3.8) is 0 Å². The molecule has 2 aromatic heterocycles. The second-order valence-electron chi connectivity index (χ2n) is 5.17. The number of amides is 2. The van der Waals surface area contributed by atoms with Crippen LogP contribution in [0.2, 0.25) is 0 Å². The molecule has 2 amide bonds. The van der Waals surface area contributed by atoms with Gasteiger partial charge in [-0.15, -0.1) is 0 Å². The van der Waals surface area contributed by atoms with Crippen molar-refractivity contribution in [2.24, 2.45) is 0 Å². The van der Waals surface area contributed by atoms with Gasteiger partial charge in [0.1, 0.15) is 17.7 Å². The van der Waals surface area contributed by atoms with E-state index in [9.17, 15) is 9.90 Å². The average molecular weight is 309 g/mol. The number of hydrogen-bond donors (Lipinski definition) is 2. The summed E-state index contributed by atoms with van der Waals surface area (Å²) < 4.78 is 0. The first-order valence-corrected chi connectivity index (χ1v) is 7.25. The van der Waals surface area contributed by atoms with Crippen molar-refractivity contribution in [2.75, 3.05) is 16.8 Å². The Balaban J connectivity index is 1.82. The number of carbonyl (C=O) groups is 1. The van der Waals surface area contributed by atoms with E-state index in [0.717, 1.165) is 18.4 Å². The number of rotatable bonds is 2. The summed E-state index contributed by atoms with van der Waals surface area (Å²) >= 11 is 0. The Kier molecular flexibility index (Phi) is 4.17. The van der Waals surface area contributed by atoms with Crippen molar-refractivity contribution < 1.29 is 9.90 Å². The molecule has 7 heteroatoms. The second kappa shape index (κ2) is 6.42. The first-order chi connectivity index (χ1) is 11.2. The number of aromatic nitrogens is 2. The highest BCUT2D eigenvalue weighted by molar-refractivity contribution is 6.01. The summed E-state index contributed by atoms with van der Waals surface area (Å²) in [6.45, 7) is 0.386. The number of anilines is 2. The summed E-state index contributed by atoms with van der Waals surface area (Å²) in [4.78, 5) is 22.4. The van der Waals surface area contributed by atoms with E-state index < -0.39 is 0 Å². The van der Waals surface area contributed by atoms with Gasteiger partial charge >= 0.3 is 6.03 Å². The van der Waals surface area contributed by atoms with Crippen molar-refractivity contribution in [1.29, 1.82) is 5.26 Å². The van der Waals surface area contributed by atoms with Crippen LogP contribution in [0.25, 0.3) is 0 Å². The number of nitrogens with one attached hydrogen (secondary N) is 1. The van der Waals surface area contributed by atoms with Gasteiger partial charge in [-0.25, -0.2) is 14.8 Å². The Labute approximate surface area is 133 Å². The zero-order valence-corrected chi connectivity index (χ0v) is 12.4. The van der Waals surface area contributed by atoms with E-state index in [1.807, 2.05) is 12.1 Å². The van der Waals surface area contributed by atoms with Crippen LogP contribution in [0.3, 0.4) is 0 Å². The lowest BCUT2D eigenvalue weighted by Crippen LogP contribution is -2.39. The molecule has 23 heavy (non-hydrogen) atoms. The number of nitrogens with zero attached hydrogens (tertiary/aromatic N) is 4. The molecular weight excluding hydrogens is 294 g/mol. The van der Waals surface area contributed by atoms with Crippen LogP contribution in [0.1, 0.15) is 23.2 Å². The maximum atomic E-state index is 12.5. The van der Waals surface area contributed by atoms with Gasteiger partial charge in [0.25, 0.3) is 0 Å². The van der Waals surface area contributed by atoms with Crippen LogP contribution in [0, 0.1) is 11.3 Å². The van der Waals surface area contributed by atoms with Gasteiger partial charge in [0.2, 0.25) is 0 Å². The summed E-state index contributed by atoms with van der Waals surface area (Å²) in [5.74, 6) is 0.952. The maximum Gasteiger partial charge on any atom is 0.328 e. The average Bonchev–Trinajstić information content (AvgIpc) is 2.61. The quantitative estimate of drug-likeness (QED) is 0.881. The molecule has 0 spiro atoms. The molecule has 0 fully saturated rings. The Morgan fingerprint density at radius 2 is 2.26 bits per heavy atom. The highest BCUT2D eigenvalue weighted by atomic mass is 16.3. The number of fused-ring (bicyclic) bond motifs is 1. The van der Waals surface area contributed by atoms with E-state index >= 15 is 0 Å². The Hall–Kier alpha value is -2.98. The predicted octanol–water partition coefficient (Wildman–Crippen LogP) is 1.83. The molecule has 0 unspecified atom stereocenters. The van der Waals surface area contributed by atoms with Crippen molar-refractivity contribution in [3.8, 4) is 6.07 Å². The van der Waals surface area contributed by atoms with Gasteiger partial charge in [0.05, 0.1) is 17.9 Å². The molecule has 7 nitrogen and oxygen atoms in total. The molecule has 116 valence electrons. The van der Waals surface area contributed by atoms with Crippen LogP contribution >= 0.6 is 0 Å². The monoisotopic (exact) mass is 309 g/mol. The zero-order valence-electron chi connectivity index (χ0n) is 12.4. The number of aliphatic hydroxyl groups is 1. The topological polar surface area (TPSA) is 102 Å². The lowest BCUT2D eigenvalue weighted by atomic mass is 10.1. The van der Waals surface area contributed by atoms with Crippen LogP contribution in [0.4, 0.5) is 16.4 Å². The fourth-order valence-electron chi connectivity index (χ4n) is 2.48. The van der Waals surface area contributed by atoms with Crippen molar-refractivity contribution in [3.05, 3.63) is 47.3 Å². The molecule has 0 saturated heterocycles. The smallest absolute Gasteiger partial charge is 0.328 e. The Bertz CT molecular complexity index is 767. The first kappa shape index (κ1) is 14.9. The van der Waals surface area contributed by atoms with E-state index in [1.165, 1.54) is 6.20 Å². The van der Waals surface area contributed by atoms with E-state index in [4.69, 9.17) is 5.26 Å². The number of aryl methyl sites for hydroxylation is 1. The highest BCUT2D eigenvalue weighted by Gasteiger charge is 2.24. The largest absolute Gasteiger partial charge is 0.390 e. The molecule has 0 bridgehead atoms. The molecule has 0 saturated carbocycles. The van der Waals surface area contributed by atoms with Gasteiger partial charge in [0, 0.05) is 12.7 Å². The Morgan fingerprint density at radius 1 is 1.39 bits per heavy atom. The van der Waals surface area contributed by atoms with Crippen LogP contribution in [0.5, 0.6) is 0 Å². The molecule has 0 aromatic carbocycles. The fourth-order valence-corrected chi connectivity index (χ4v) is 2.48. The van der Waals surface area contributed by atoms with Crippen LogP contribution in [0.15, 0.2) is 30.5 Å². The van der Waals surface area contributed by atoms with Crippen LogP contribution in [-0.4, -0.2) is 27.7 Å². The van der Waals surface area contributed by atoms with Crippen LogP contribution in [-0.2, 0) is 13.0 Å². The maximum absolute atomic E-state index is 12.5. The molecule has 0 radical (unpaired) electrons. The summed E-state index contributed by atoms with van der Waals surface area (Å²) in [6.07, 6.45) is 3.11. The van der Waals surface area contributed by atoms with Crippen molar-refractivity contribution >= 4 is 17.7 Å². The second-order valence-corrected chi connectivity index (χ2v) is 5.17. The summed E-state index contributed by atoms with van der Waals surface area (Å²) in [7, 11) is 0. The fraction of sp³-hybridized carbons (Fsp3) is 0.250. The standard InChI is InChI=1S/C16H15N5O2/c17-8-11-3-6-14(18-9-11)20-16(23)21-7-1-2-12-4-5-13(10-22)19-15(12)21/h3-6,9,22H,1-2,7,10H2,(H,18,20,23). The SMILES string of the molecule is N#Cc1ccc(NC(=O)N2CCCc3ccc(CO)nc32)nc1. The number of aliphatic hydroxyl groups excluding tert-OH is 1. The van der Waals surface area contributed by atoms with Crippen molar-refractivity contribution in [1.82, 2.24) is 9.97 Å². The normalized spacial score (nSPS) is 13.1.